The van der Waals surface area contributed by atoms with E-state index >= 15 is 0 Å². The SMILES string of the molecule is CCCCCCCCc1ccsc1-c1ccc2c3ccc(-c4sccc4CCCCCCCC)cc3n(C)c2c1. The number of fused-ring (bicyclic) bond motifs is 3. The van der Waals surface area contributed by atoms with Gasteiger partial charge in [-0.3, -0.25) is 0 Å². The number of aromatic nitrogens is 1. The molecule has 5 rings (SSSR count). The Morgan fingerprint density at radius 3 is 1.40 bits per heavy atom. The molecule has 0 saturated heterocycles. The highest BCUT2D eigenvalue weighted by Gasteiger charge is 2.15. The number of hydrogen-bond donors (Lipinski definition) is 0. The summed E-state index contributed by atoms with van der Waals surface area (Å²) in [5, 5.41) is 7.29. The molecule has 0 amide bonds. The van der Waals surface area contributed by atoms with Crippen LogP contribution in [-0.4, -0.2) is 4.57 Å². The fourth-order valence-electron chi connectivity index (χ4n) is 6.25. The highest BCUT2D eigenvalue weighted by Crippen LogP contribution is 2.38. The molecule has 2 aromatic carbocycles. The van der Waals surface area contributed by atoms with Crippen molar-refractivity contribution in [3.05, 3.63) is 70.4 Å². The van der Waals surface area contributed by atoms with E-state index in [-0.39, 0.29) is 0 Å². The topological polar surface area (TPSA) is 4.93 Å². The second kappa shape index (κ2) is 14.5. The Morgan fingerprint density at radius 2 is 0.950 bits per heavy atom. The molecule has 0 aliphatic carbocycles. The summed E-state index contributed by atoms with van der Waals surface area (Å²) in [6.07, 6.45) is 18.6. The third kappa shape index (κ3) is 6.74. The van der Waals surface area contributed by atoms with Gasteiger partial charge in [0, 0.05) is 38.6 Å². The summed E-state index contributed by atoms with van der Waals surface area (Å²) in [6.45, 7) is 4.58. The molecule has 3 heterocycles. The molecule has 3 aromatic heterocycles. The van der Waals surface area contributed by atoms with Crippen LogP contribution in [0.1, 0.15) is 102 Å². The van der Waals surface area contributed by atoms with Gasteiger partial charge in [0.15, 0.2) is 0 Å². The van der Waals surface area contributed by atoms with E-state index in [2.05, 4.69) is 84.8 Å². The average molecular weight is 570 g/mol. The molecule has 0 bridgehead atoms. The molecule has 0 N–H and O–H groups in total. The highest BCUT2D eigenvalue weighted by atomic mass is 32.1. The summed E-state index contributed by atoms with van der Waals surface area (Å²) in [7, 11) is 2.25. The molecule has 3 heteroatoms. The quantitative estimate of drug-likeness (QED) is 0.104. The third-order valence-electron chi connectivity index (χ3n) is 8.63. The predicted octanol–water partition coefficient (Wildman–Crippen LogP) is 12.6. The zero-order chi connectivity index (χ0) is 27.7. The Bertz CT molecular complexity index is 1390. The van der Waals surface area contributed by atoms with Gasteiger partial charge < -0.3 is 4.57 Å². The van der Waals surface area contributed by atoms with E-state index in [9.17, 15) is 0 Å². The van der Waals surface area contributed by atoms with E-state index in [1.165, 1.54) is 144 Å². The van der Waals surface area contributed by atoms with Gasteiger partial charge in [-0.1, -0.05) is 102 Å². The van der Waals surface area contributed by atoms with Crippen LogP contribution >= 0.6 is 22.7 Å². The molecule has 1 nitrogen and oxygen atoms in total. The monoisotopic (exact) mass is 569 g/mol. The van der Waals surface area contributed by atoms with Crippen molar-refractivity contribution in [2.45, 2.75) is 104 Å². The van der Waals surface area contributed by atoms with Gasteiger partial charge in [0.25, 0.3) is 0 Å². The first kappa shape index (κ1) is 29.1. The molecular weight excluding hydrogens is 523 g/mol. The van der Waals surface area contributed by atoms with Crippen LogP contribution in [0.5, 0.6) is 0 Å². The molecule has 0 spiro atoms. The minimum Gasteiger partial charge on any atom is -0.344 e. The summed E-state index contributed by atoms with van der Waals surface area (Å²) in [4.78, 5) is 2.92. The number of thiophene rings is 2. The molecule has 40 heavy (non-hydrogen) atoms. The van der Waals surface area contributed by atoms with Crippen LogP contribution in [0.15, 0.2) is 59.3 Å². The van der Waals surface area contributed by atoms with Crippen LogP contribution in [0.4, 0.5) is 0 Å². The number of aryl methyl sites for hydroxylation is 3. The maximum Gasteiger partial charge on any atom is 0.0495 e. The Hall–Kier alpha value is -2.36. The van der Waals surface area contributed by atoms with E-state index in [4.69, 9.17) is 0 Å². The first-order chi connectivity index (χ1) is 19.7. The van der Waals surface area contributed by atoms with Crippen LogP contribution < -0.4 is 0 Å². The second-order valence-corrected chi connectivity index (χ2v) is 13.4. The van der Waals surface area contributed by atoms with Gasteiger partial charge in [0.05, 0.1) is 0 Å². The van der Waals surface area contributed by atoms with Crippen molar-refractivity contribution in [2.24, 2.45) is 7.05 Å². The van der Waals surface area contributed by atoms with Gasteiger partial charge >= 0.3 is 0 Å². The summed E-state index contributed by atoms with van der Waals surface area (Å²) in [5.41, 5.74) is 8.46. The summed E-state index contributed by atoms with van der Waals surface area (Å²) in [5.74, 6) is 0. The summed E-state index contributed by atoms with van der Waals surface area (Å²) < 4.78 is 2.42. The van der Waals surface area contributed by atoms with Gasteiger partial charge in [0.1, 0.15) is 0 Å². The molecule has 0 atom stereocenters. The van der Waals surface area contributed by atoms with E-state index in [0.717, 1.165) is 0 Å². The lowest BCUT2D eigenvalue weighted by Crippen LogP contribution is -1.90. The maximum absolute atomic E-state index is 2.43. The van der Waals surface area contributed by atoms with Crippen LogP contribution in [0.2, 0.25) is 0 Å². The van der Waals surface area contributed by atoms with Crippen molar-refractivity contribution in [3.8, 4) is 20.9 Å². The molecule has 0 unspecified atom stereocenters. The van der Waals surface area contributed by atoms with Crippen LogP contribution in [-0.2, 0) is 19.9 Å². The summed E-state index contributed by atoms with van der Waals surface area (Å²) >= 11 is 3.80. The maximum atomic E-state index is 2.43. The number of unbranched alkanes of at least 4 members (excludes halogenated alkanes) is 10. The van der Waals surface area contributed by atoms with E-state index in [1.807, 2.05) is 22.7 Å². The standard InChI is InChI=1S/C37H47NS2/c1-4-6-8-10-12-14-16-28-22-24-39-36(28)30-18-20-32-33-21-19-31(27-35(33)38(3)34(32)26-30)37-29(23-25-40-37)17-15-13-11-9-7-5-2/h18-27H,4-17H2,1-3H3. The largest absolute Gasteiger partial charge is 0.344 e. The fourth-order valence-corrected chi connectivity index (χ4v) is 8.16. The fraction of sp³-hybridized carbons (Fsp3) is 0.459. The first-order valence-corrected chi connectivity index (χ1v) is 17.6. The van der Waals surface area contributed by atoms with Crippen LogP contribution in [0.25, 0.3) is 42.7 Å². The van der Waals surface area contributed by atoms with Crippen molar-refractivity contribution in [2.75, 3.05) is 0 Å². The molecule has 5 aromatic rings. The first-order valence-electron chi connectivity index (χ1n) is 15.9. The van der Waals surface area contributed by atoms with E-state index < -0.39 is 0 Å². The van der Waals surface area contributed by atoms with Gasteiger partial charge in [-0.05, 0) is 83.0 Å². The Balaban J connectivity index is 1.34. The lowest BCUT2D eigenvalue weighted by Gasteiger charge is -2.07. The van der Waals surface area contributed by atoms with Crippen molar-refractivity contribution in [3.63, 3.8) is 0 Å². The van der Waals surface area contributed by atoms with Crippen molar-refractivity contribution in [1.82, 2.24) is 4.57 Å². The minimum absolute atomic E-state index is 1.20. The van der Waals surface area contributed by atoms with E-state index in [1.54, 1.807) is 0 Å². The van der Waals surface area contributed by atoms with Gasteiger partial charge in [-0.2, -0.15) is 0 Å². The molecule has 0 saturated carbocycles. The number of nitrogens with zero attached hydrogens (tertiary/aromatic N) is 1. The van der Waals surface area contributed by atoms with Crippen LogP contribution in [0, 0.1) is 0 Å². The smallest absolute Gasteiger partial charge is 0.0495 e. The Kier molecular flexibility index (Phi) is 10.6. The van der Waals surface area contributed by atoms with Crippen molar-refractivity contribution in [1.29, 1.82) is 0 Å². The van der Waals surface area contributed by atoms with Gasteiger partial charge in [-0.25, -0.2) is 0 Å². The minimum atomic E-state index is 1.20. The highest BCUT2D eigenvalue weighted by molar-refractivity contribution is 7.14. The molecule has 212 valence electrons. The molecule has 0 aliphatic rings. The summed E-state index contributed by atoms with van der Waals surface area (Å²) in [6, 6.07) is 19.0. The Morgan fingerprint density at radius 1 is 0.525 bits per heavy atom. The van der Waals surface area contributed by atoms with Gasteiger partial charge in [0.2, 0.25) is 0 Å². The van der Waals surface area contributed by atoms with Crippen molar-refractivity contribution >= 4 is 44.5 Å². The zero-order valence-corrected chi connectivity index (χ0v) is 26.6. The average Bonchev–Trinajstić information content (AvgIpc) is 3.71. The van der Waals surface area contributed by atoms with Gasteiger partial charge in [-0.15, -0.1) is 22.7 Å². The van der Waals surface area contributed by atoms with Crippen molar-refractivity contribution < 1.29 is 0 Å². The van der Waals surface area contributed by atoms with E-state index in [0.29, 0.717) is 0 Å². The van der Waals surface area contributed by atoms with Crippen LogP contribution in [0.3, 0.4) is 0 Å². The molecule has 0 radical (unpaired) electrons. The normalized spacial score (nSPS) is 11.8. The number of hydrogen-bond acceptors (Lipinski definition) is 2. The molecule has 0 fully saturated rings. The number of benzene rings is 2. The third-order valence-corrected chi connectivity index (χ3v) is 10.6. The lowest BCUT2D eigenvalue weighted by molar-refractivity contribution is 0.608. The Labute approximate surface area is 250 Å². The number of rotatable bonds is 16. The second-order valence-electron chi connectivity index (χ2n) is 11.6. The lowest BCUT2D eigenvalue weighted by atomic mass is 10.0. The predicted molar refractivity (Wildman–Crippen MR) is 181 cm³/mol. The molecular formula is C37H47NS2. The zero-order valence-electron chi connectivity index (χ0n) is 24.9. The molecule has 0 aliphatic heterocycles.